The van der Waals surface area contributed by atoms with Gasteiger partial charge in [-0.15, -0.1) is 0 Å². The van der Waals surface area contributed by atoms with Crippen LogP contribution in [-0.4, -0.2) is 45.2 Å². The molecule has 39 heavy (non-hydrogen) atoms. The number of aryl methyl sites for hydroxylation is 1. The minimum absolute atomic E-state index is 0.0281. The topological polar surface area (TPSA) is 103 Å². The highest BCUT2D eigenvalue weighted by Gasteiger charge is 2.67. The second kappa shape index (κ2) is 9.28. The van der Waals surface area contributed by atoms with E-state index in [1.807, 2.05) is 13.0 Å². The standard InChI is InChI=1S/C30H38N2O6S/c1-19-5-7-23(8-6-19)39(34,35)32-31-26-18-21-17-22(38-20(2)33)9-12-28(21,3)24-10-13-29(4)25(27(24)26)11-14-30(29)36-15-16-37-30/h5-9,12,18,22,24-25,27,32H,10-11,13-17H2,1-4H3/t22?,24?,25?,27?,28-,29-/m0/s1. The monoisotopic (exact) mass is 554 g/mol. The van der Waals surface area contributed by atoms with Crippen LogP contribution in [-0.2, 0) is 29.0 Å². The predicted octanol–water partition coefficient (Wildman–Crippen LogP) is 4.65. The summed E-state index contributed by atoms with van der Waals surface area (Å²) in [5, 5.41) is 4.64. The van der Waals surface area contributed by atoms with Gasteiger partial charge >= 0.3 is 5.97 Å². The lowest BCUT2D eigenvalue weighted by Crippen LogP contribution is -2.56. The van der Waals surface area contributed by atoms with Gasteiger partial charge in [-0.05, 0) is 62.3 Å². The average molecular weight is 555 g/mol. The Hall–Kier alpha value is -2.49. The number of hydrogen-bond donors (Lipinski definition) is 1. The summed E-state index contributed by atoms with van der Waals surface area (Å²) in [4.78, 5) is 14.4. The SMILES string of the molecule is CC(=O)OC1C=C[C@@]2(C)C(=CC(=NNS(=O)(=O)c3ccc(C)cc3)C3C2CC[C@@]2(C)C3CCC23OCCO3)C1. The Morgan fingerprint density at radius 1 is 1.08 bits per heavy atom. The molecular weight excluding hydrogens is 516 g/mol. The molecule has 1 aliphatic heterocycles. The summed E-state index contributed by atoms with van der Waals surface area (Å²) in [7, 11) is -3.84. The van der Waals surface area contributed by atoms with Crippen molar-refractivity contribution in [2.45, 2.75) is 76.6 Å². The first kappa shape index (κ1) is 26.7. The zero-order chi connectivity index (χ0) is 27.6. The third-order valence-electron chi connectivity index (χ3n) is 10.2. The van der Waals surface area contributed by atoms with Gasteiger partial charge in [-0.25, -0.2) is 0 Å². The van der Waals surface area contributed by atoms with Crippen molar-refractivity contribution in [3.05, 3.63) is 53.6 Å². The molecule has 0 radical (unpaired) electrons. The lowest BCUT2D eigenvalue weighted by molar-refractivity contribution is -0.237. The third-order valence-corrected chi connectivity index (χ3v) is 11.4. The van der Waals surface area contributed by atoms with Gasteiger partial charge < -0.3 is 14.2 Å². The molecule has 0 aromatic heterocycles. The fourth-order valence-electron chi connectivity index (χ4n) is 8.17. The number of hydrogen-bond acceptors (Lipinski definition) is 7. The van der Waals surface area contributed by atoms with E-state index in [1.165, 1.54) is 6.92 Å². The van der Waals surface area contributed by atoms with E-state index >= 15 is 0 Å². The van der Waals surface area contributed by atoms with E-state index in [0.717, 1.165) is 42.5 Å². The van der Waals surface area contributed by atoms with Gasteiger partial charge in [0.25, 0.3) is 10.0 Å². The van der Waals surface area contributed by atoms with E-state index in [9.17, 15) is 13.2 Å². The highest BCUT2D eigenvalue weighted by molar-refractivity contribution is 7.89. The maximum absolute atomic E-state index is 13.2. The number of benzene rings is 1. The van der Waals surface area contributed by atoms with Crippen LogP contribution in [0.25, 0.3) is 0 Å². The molecule has 6 atom stereocenters. The van der Waals surface area contributed by atoms with Crippen LogP contribution in [0.3, 0.4) is 0 Å². The number of ether oxygens (including phenoxy) is 3. The molecule has 5 aliphatic rings. The Morgan fingerprint density at radius 3 is 2.46 bits per heavy atom. The summed E-state index contributed by atoms with van der Waals surface area (Å²) in [6.07, 6.45) is 10.2. The van der Waals surface area contributed by atoms with Gasteiger partial charge in [-0.3, -0.25) is 4.79 Å². The minimum Gasteiger partial charge on any atom is -0.458 e. The molecule has 2 saturated carbocycles. The number of fused-ring (bicyclic) bond motifs is 6. The predicted molar refractivity (Wildman–Crippen MR) is 146 cm³/mol. The van der Waals surface area contributed by atoms with Gasteiger partial charge in [0.2, 0.25) is 0 Å². The average Bonchev–Trinajstić information content (AvgIpc) is 3.49. The van der Waals surface area contributed by atoms with Crippen LogP contribution in [0.5, 0.6) is 0 Å². The first-order chi connectivity index (χ1) is 18.5. The number of carbonyl (C=O) groups excluding carboxylic acids is 1. The molecule has 3 fully saturated rings. The smallest absolute Gasteiger partial charge is 0.303 e. The van der Waals surface area contributed by atoms with Gasteiger partial charge in [0.05, 0.1) is 23.8 Å². The summed E-state index contributed by atoms with van der Waals surface area (Å²) < 4.78 is 44.6. The van der Waals surface area contributed by atoms with Gasteiger partial charge in [-0.1, -0.05) is 43.2 Å². The zero-order valence-electron chi connectivity index (χ0n) is 23.1. The Bertz CT molecular complexity index is 1360. The van der Waals surface area contributed by atoms with Crippen molar-refractivity contribution < 1.29 is 27.4 Å². The van der Waals surface area contributed by atoms with Crippen molar-refractivity contribution in [2.24, 2.45) is 33.7 Å². The summed E-state index contributed by atoms with van der Waals surface area (Å²) >= 11 is 0. The van der Waals surface area contributed by atoms with Crippen LogP contribution in [0.2, 0.25) is 0 Å². The van der Waals surface area contributed by atoms with Crippen LogP contribution in [0.15, 0.2) is 58.1 Å². The minimum atomic E-state index is -3.84. The maximum atomic E-state index is 13.2. The first-order valence-electron chi connectivity index (χ1n) is 14.0. The summed E-state index contributed by atoms with van der Waals surface area (Å²) in [6, 6.07) is 6.75. The first-order valence-corrected chi connectivity index (χ1v) is 15.5. The number of nitrogens with one attached hydrogen (secondary N) is 1. The molecule has 1 aromatic rings. The lowest BCUT2D eigenvalue weighted by atomic mass is 9.48. The van der Waals surface area contributed by atoms with Gasteiger partial charge in [0.15, 0.2) is 5.79 Å². The van der Waals surface area contributed by atoms with Crippen LogP contribution >= 0.6 is 0 Å². The molecule has 1 heterocycles. The lowest BCUT2D eigenvalue weighted by Gasteiger charge is -2.57. The third kappa shape index (κ3) is 4.19. The van der Waals surface area contributed by atoms with Gasteiger partial charge in [0.1, 0.15) is 6.10 Å². The molecule has 0 amide bonds. The largest absolute Gasteiger partial charge is 0.458 e. The second-order valence-electron chi connectivity index (χ2n) is 12.3. The Morgan fingerprint density at radius 2 is 1.77 bits per heavy atom. The molecular formula is C30H38N2O6S. The zero-order valence-corrected chi connectivity index (χ0v) is 23.9. The molecule has 210 valence electrons. The highest BCUT2D eigenvalue weighted by Crippen LogP contribution is 2.67. The van der Waals surface area contributed by atoms with Crippen molar-refractivity contribution in [3.63, 3.8) is 0 Å². The molecule has 1 N–H and O–H groups in total. The summed E-state index contributed by atoms with van der Waals surface area (Å²) in [6.45, 7) is 9.11. The molecule has 4 aliphatic carbocycles. The van der Waals surface area contributed by atoms with Crippen molar-refractivity contribution >= 4 is 21.7 Å². The van der Waals surface area contributed by atoms with Crippen molar-refractivity contribution in [1.82, 2.24) is 4.83 Å². The quantitative estimate of drug-likeness (QED) is 0.330. The Balaban J connectivity index is 1.41. The van der Waals surface area contributed by atoms with Crippen LogP contribution in [0.4, 0.5) is 0 Å². The number of esters is 1. The van der Waals surface area contributed by atoms with Gasteiger partial charge in [0, 0.05) is 36.5 Å². The van der Waals surface area contributed by atoms with Crippen LogP contribution in [0.1, 0.15) is 58.4 Å². The number of carbonyl (C=O) groups is 1. The van der Waals surface area contributed by atoms with E-state index in [-0.39, 0.29) is 45.6 Å². The molecule has 1 aromatic carbocycles. The van der Waals surface area contributed by atoms with E-state index in [4.69, 9.17) is 14.2 Å². The van der Waals surface area contributed by atoms with E-state index in [0.29, 0.717) is 19.6 Å². The fraction of sp³-hybridized carbons (Fsp3) is 0.600. The fourth-order valence-corrected chi connectivity index (χ4v) is 8.99. The normalized spacial score (nSPS) is 37.6. The number of rotatable bonds is 4. The van der Waals surface area contributed by atoms with Gasteiger partial charge in [-0.2, -0.15) is 18.4 Å². The maximum Gasteiger partial charge on any atom is 0.303 e. The van der Waals surface area contributed by atoms with Crippen molar-refractivity contribution in [2.75, 3.05) is 13.2 Å². The molecule has 8 nitrogen and oxygen atoms in total. The van der Waals surface area contributed by atoms with Crippen LogP contribution < -0.4 is 4.83 Å². The molecule has 0 bridgehead atoms. The molecule has 9 heteroatoms. The number of allylic oxidation sites excluding steroid dienone is 2. The number of sulfonamides is 1. The molecule has 1 saturated heterocycles. The number of nitrogens with zero attached hydrogens (tertiary/aromatic N) is 1. The van der Waals surface area contributed by atoms with Crippen LogP contribution in [0, 0.1) is 35.5 Å². The Kier molecular flexibility index (Phi) is 6.36. The van der Waals surface area contributed by atoms with Crippen molar-refractivity contribution in [3.8, 4) is 0 Å². The van der Waals surface area contributed by atoms with E-state index < -0.39 is 15.8 Å². The van der Waals surface area contributed by atoms with Crippen molar-refractivity contribution in [1.29, 1.82) is 0 Å². The highest BCUT2D eigenvalue weighted by atomic mass is 32.2. The summed E-state index contributed by atoms with van der Waals surface area (Å²) in [5.74, 6) is -0.414. The molecule has 6 rings (SSSR count). The summed E-state index contributed by atoms with van der Waals surface area (Å²) in [5.41, 5.74) is 2.42. The second-order valence-corrected chi connectivity index (χ2v) is 14.0. The molecule has 4 unspecified atom stereocenters. The molecule has 1 spiro atoms. The van der Waals surface area contributed by atoms with E-state index in [2.05, 4.69) is 35.9 Å². The Labute approximate surface area is 230 Å². The number of hydrazone groups is 1. The van der Waals surface area contributed by atoms with E-state index in [1.54, 1.807) is 24.3 Å².